The van der Waals surface area contributed by atoms with Crippen LogP contribution in [0, 0.1) is 10.1 Å². The Kier molecular flexibility index (Phi) is 3.13. The van der Waals surface area contributed by atoms with Gasteiger partial charge < -0.3 is 0 Å². The van der Waals surface area contributed by atoms with Crippen molar-refractivity contribution in [2.45, 2.75) is 5.33 Å². The number of hydrogen-bond donors (Lipinski definition) is 0. The molecule has 0 fully saturated rings. The molecule has 0 aliphatic heterocycles. The number of nitro benzene ring substituents is 1. The van der Waals surface area contributed by atoms with Gasteiger partial charge in [-0.25, -0.2) is 0 Å². The number of aldehydes is 1. The van der Waals surface area contributed by atoms with Crippen molar-refractivity contribution in [2.75, 3.05) is 0 Å². The van der Waals surface area contributed by atoms with Crippen LogP contribution in [0.1, 0.15) is 15.9 Å². The second-order valence-electron chi connectivity index (χ2n) is 2.40. The van der Waals surface area contributed by atoms with Crippen molar-refractivity contribution in [3.8, 4) is 0 Å². The molecular weight excluding hydrogens is 238 g/mol. The van der Waals surface area contributed by atoms with Gasteiger partial charge in [0, 0.05) is 22.5 Å². The summed E-state index contributed by atoms with van der Waals surface area (Å²) in [6, 6.07) is 4.39. The first-order valence-corrected chi connectivity index (χ1v) is 4.59. The molecule has 0 amide bonds. The van der Waals surface area contributed by atoms with E-state index in [1.807, 2.05) is 0 Å². The fraction of sp³-hybridized carbons (Fsp3) is 0.125. The smallest absolute Gasteiger partial charge is 0.274 e. The van der Waals surface area contributed by atoms with Crippen molar-refractivity contribution in [2.24, 2.45) is 0 Å². The predicted octanol–water partition coefficient (Wildman–Crippen LogP) is 2.30. The van der Waals surface area contributed by atoms with Gasteiger partial charge in [-0.2, -0.15) is 0 Å². The van der Waals surface area contributed by atoms with Gasteiger partial charge in [-0.1, -0.05) is 28.1 Å². The van der Waals surface area contributed by atoms with E-state index >= 15 is 0 Å². The summed E-state index contributed by atoms with van der Waals surface area (Å²) in [7, 11) is 0. The minimum Gasteiger partial charge on any atom is -0.298 e. The molecular formula is C8H6BrNO3. The van der Waals surface area contributed by atoms with Gasteiger partial charge in [0.05, 0.1) is 4.92 Å². The van der Waals surface area contributed by atoms with Gasteiger partial charge in [0.2, 0.25) is 0 Å². The van der Waals surface area contributed by atoms with Crippen molar-refractivity contribution in [1.29, 1.82) is 0 Å². The lowest BCUT2D eigenvalue weighted by Gasteiger charge is -1.98. The standard InChI is InChI=1S/C8H6BrNO3/c9-4-7-2-1-6(5-11)3-8(7)10(12)13/h1-3,5H,4H2. The first-order chi connectivity index (χ1) is 6.19. The molecule has 0 bridgehead atoms. The number of carbonyl (C=O) groups excluding carboxylic acids is 1. The summed E-state index contributed by atoms with van der Waals surface area (Å²) >= 11 is 3.13. The fourth-order valence-corrected chi connectivity index (χ4v) is 1.41. The minimum atomic E-state index is -0.496. The zero-order valence-corrected chi connectivity index (χ0v) is 8.15. The van der Waals surface area contributed by atoms with Crippen molar-refractivity contribution >= 4 is 27.9 Å². The molecule has 0 saturated carbocycles. The second kappa shape index (κ2) is 4.13. The number of halogens is 1. The van der Waals surface area contributed by atoms with Crippen molar-refractivity contribution in [3.05, 3.63) is 39.4 Å². The molecule has 0 aliphatic rings. The molecule has 13 heavy (non-hydrogen) atoms. The number of benzene rings is 1. The van der Waals surface area contributed by atoms with Crippen LogP contribution < -0.4 is 0 Å². The highest BCUT2D eigenvalue weighted by Gasteiger charge is 2.12. The zero-order valence-electron chi connectivity index (χ0n) is 6.57. The monoisotopic (exact) mass is 243 g/mol. The normalized spacial score (nSPS) is 9.62. The van der Waals surface area contributed by atoms with E-state index < -0.39 is 4.92 Å². The van der Waals surface area contributed by atoms with Gasteiger partial charge in [0.25, 0.3) is 5.69 Å². The van der Waals surface area contributed by atoms with E-state index in [-0.39, 0.29) is 5.69 Å². The maximum Gasteiger partial charge on any atom is 0.274 e. The van der Waals surface area contributed by atoms with Crippen molar-refractivity contribution in [3.63, 3.8) is 0 Å². The Morgan fingerprint density at radius 1 is 1.54 bits per heavy atom. The van der Waals surface area contributed by atoms with E-state index in [1.54, 1.807) is 12.1 Å². The van der Waals surface area contributed by atoms with Crippen LogP contribution in [0.25, 0.3) is 0 Å². The third-order valence-corrected chi connectivity index (χ3v) is 2.19. The van der Waals surface area contributed by atoms with E-state index in [9.17, 15) is 14.9 Å². The Bertz CT molecular complexity index is 351. The van der Waals surface area contributed by atoms with Crippen LogP contribution in [0.2, 0.25) is 0 Å². The van der Waals surface area contributed by atoms with Crippen LogP contribution in [-0.2, 0) is 5.33 Å². The Labute approximate surface area is 82.8 Å². The third kappa shape index (κ3) is 2.12. The highest BCUT2D eigenvalue weighted by Crippen LogP contribution is 2.21. The summed E-state index contributed by atoms with van der Waals surface area (Å²) < 4.78 is 0. The van der Waals surface area contributed by atoms with Crippen LogP contribution in [0.3, 0.4) is 0 Å². The van der Waals surface area contributed by atoms with Gasteiger partial charge in [0.1, 0.15) is 6.29 Å². The van der Waals surface area contributed by atoms with Crippen LogP contribution in [0.4, 0.5) is 5.69 Å². The molecule has 0 saturated heterocycles. The zero-order chi connectivity index (χ0) is 9.84. The summed E-state index contributed by atoms with van der Waals surface area (Å²) in [6.45, 7) is 0. The molecule has 0 unspecified atom stereocenters. The molecule has 4 nitrogen and oxygen atoms in total. The number of carbonyl (C=O) groups is 1. The molecule has 5 heteroatoms. The van der Waals surface area contributed by atoms with Crippen molar-refractivity contribution < 1.29 is 9.72 Å². The fourth-order valence-electron chi connectivity index (χ4n) is 0.937. The molecule has 1 aromatic carbocycles. The number of nitrogens with zero attached hydrogens (tertiary/aromatic N) is 1. The molecule has 1 rings (SSSR count). The number of rotatable bonds is 3. The third-order valence-electron chi connectivity index (χ3n) is 1.59. The summed E-state index contributed by atoms with van der Waals surface area (Å²) in [5.41, 5.74) is 0.855. The van der Waals surface area contributed by atoms with Gasteiger partial charge in [-0.3, -0.25) is 14.9 Å². The largest absolute Gasteiger partial charge is 0.298 e. The Morgan fingerprint density at radius 2 is 2.23 bits per heavy atom. The van der Waals surface area contributed by atoms with E-state index in [0.29, 0.717) is 22.7 Å². The maximum absolute atomic E-state index is 10.5. The van der Waals surface area contributed by atoms with Gasteiger partial charge >= 0.3 is 0 Å². The van der Waals surface area contributed by atoms with E-state index in [1.165, 1.54) is 6.07 Å². The molecule has 0 aromatic heterocycles. The molecule has 68 valence electrons. The topological polar surface area (TPSA) is 60.2 Å². The van der Waals surface area contributed by atoms with Gasteiger partial charge in [-0.15, -0.1) is 0 Å². The van der Waals surface area contributed by atoms with E-state index in [0.717, 1.165) is 0 Å². The highest BCUT2D eigenvalue weighted by molar-refractivity contribution is 9.08. The van der Waals surface area contributed by atoms with Crippen molar-refractivity contribution in [1.82, 2.24) is 0 Å². The summed E-state index contributed by atoms with van der Waals surface area (Å²) in [6.07, 6.45) is 0.588. The van der Waals surface area contributed by atoms with E-state index in [2.05, 4.69) is 15.9 Å². The summed E-state index contributed by atoms with van der Waals surface area (Å²) in [5.74, 6) is 0. The Morgan fingerprint density at radius 3 is 2.69 bits per heavy atom. The number of hydrogen-bond acceptors (Lipinski definition) is 3. The van der Waals surface area contributed by atoms with Crippen LogP contribution >= 0.6 is 15.9 Å². The lowest BCUT2D eigenvalue weighted by molar-refractivity contribution is -0.385. The minimum absolute atomic E-state index is 0.0264. The first kappa shape index (κ1) is 9.85. The molecule has 0 spiro atoms. The first-order valence-electron chi connectivity index (χ1n) is 3.47. The Hall–Kier alpha value is -1.23. The lowest BCUT2D eigenvalue weighted by atomic mass is 10.1. The number of nitro groups is 1. The quantitative estimate of drug-likeness (QED) is 0.354. The molecule has 0 N–H and O–H groups in total. The maximum atomic E-state index is 10.5. The van der Waals surface area contributed by atoms with E-state index in [4.69, 9.17) is 0 Å². The molecule has 0 heterocycles. The lowest BCUT2D eigenvalue weighted by Crippen LogP contribution is -1.94. The van der Waals surface area contributed by atoms with Crippen LogP contribution in [0.15, 0.2) is 18.2 Å². The molecule has 0 atom stereocenters. The van der Waals surface area contributed by atoms with Gasteiger partial charge in [-0.05, 0) is 0 Å². The van der Waals surface area contributed by atoms with Gasteiger partial charge in [0.15, 0.2) is 0 Å². The SMILES string of the molecule is O=Cc1ccc(CBr)c([N+](=O)[O-])c1. The molecule has 0 aliphatic carbocycles. The highest BCUT2D eigenvalue weighted by atomic mass is 79.9. The average Bonchev–Trinajstić information content (AvgIpc) is 2.16. The van der Waals surface area contributed by atoms with Crippen LogP contribution in [0.5, 0.6) is 0 Å². The number of alkyl halides is 1. The molecule has 0 radical (unpaired) electrons. The summed E-state index contributed by atoms with van der Waals surface area (Å²) in [5, 5.41) is 10.9. The predicted molar refractivity (Wildman–Crippen MR) is 51.1 cm³/mol. The molecule has 1 aromatic rings. The Balaban J connectivity index is 3.25. The second-order valence-corrected chi connectivity index (χ2v) is 2.96. The average molecular weight is 244 g/mol. The van der Waals surface area contributed by atoms with Crippen LogP contribution in [-0.4, -0.2) is 11.2 Å². The summed E-state index contributed by atoms with van der Waals surface area (Å²) in [4.78, 5) is 20.4.